The van der Waals surface area contributed by atoms with Gasteiger partial charge in [-0.1, -0.05) is 11.6 Å². The molecular formula is C23H20ClFN2O5S. The van der Waals surface area contributed by atoms with Gasteiger partial charge in [-0.15, -0.1) is 0 Å². The van der Waals surface area contributed by atoms with Crippen molar-refractivity contribution >= 4 is 33.2 Å². The number of carbonyl (C=O) groups is 1. The quantitative estimate of drug-likeness (QED) is 0.548. The fourth-order valence-corrected chi connectivity index (χ4v) is 4.78. The van der Waals surface area contributed by atoms with E-state index in [9.17, 15) is 17.6 Å². The van der Waals surface area contributed by atoms with Crippen LogP contribution in [0.15, 0.2) is 71.6 Å². The highest BCUT2D eigenvalue weighted by Gasteiger charge is 2.27. The summed E-state index contributed by atoms with van der Waals surface area (Å²) in [6, 6.07) is 15.8. The molecule has 1 N–H and O–H groups in total. The highest BCUT2D eigenvalue weighted by Crippen LogP contribution is 2.33. The van der Waals surface area contributed by atoms with Crippen molar-refractivity contribution in [1.82, 2.24) is 4.31 Å². The highest BCUT2D eigenvalue weighted by atomic mass is 35.5. The van der Waals surface area contributed by atoms with Crippen LogP contribution in [0.1, 0.15) is 10.4 Å². The van der Waals surface area contributed by atoms with Gasteiger partial charge in [0.05, 0.1) is 23.8 Å². The molecule has 0 saturated carbocycles. The first kappa shape index (κ1) is 23.2. The zero-order chi connectivity index (χ0) is 23.4. The number of anilines is 1. The smallest absolute Gasteiger partial charge is 0.255 e. The van der Waals surface area contributed by atoms with E-state index in [4.69, 9.17) is 21.1 Å². The number of rotatable bonds is 6. The Morgan fingerprint density at radius 1 is 1.00 bits per heavy atom. The average Bonchev–Trinajstić information content (AvgIpc) is 2.82. The van der Waals surface area contributed by atoms with E-state index in [0.717, 1.165) is 0 Å². The lowest BCUT2D eigenvalue weighted by Gasteiger charge is -2.26. The molecule has 3 aromatic carbocycles. The van der Waals surface area contributed by atoms with Crippen LogP contribution < -0.4 is 10.1 Å². The number of sulfonamides is 1. The van der Waals surface area contributed by atoms with Crippen LogP contribution in [0.4, 0.5) is 10.1 Å². The van der Waals surface area contributed by atoms with Gasteiger partial charge in [-0.25, -0.2) is 12.8 Å². The Morgan fingerprint density at radius 3 is 2.33 bits per heavy atom. The molecule has 0 aromatic heterocycles. The van der Waals surface area contributed by atoms with Crippen LogP contribution in [-0.4, -0.2) is 44.9 Å². The van der Waals surface area contributed by atoms with Crippen LogP contribution in [0.3, 0.4) is 0 Å². The molecule has 4 rings (SSSR count). The fourth-order valence-electron chi connectivity index (χ4n) is 3.22. The number of benzene rings is 3. The average molecular weight is 491 g/mol. The summed E-state index contributed by atoms with van der Waals surface area (Å²) >= 11 is 5.89. The Labute approximate surface area is 195 Å². The Kier molecular flexibility index (Phi) is 6.94. The van der Waals surface area contributed by atoms with Crippen LogP contribution in [0.25, 0.3) is 0 Å². The first-order valence-corrected chi connectivity index (χ1v) is 11.9. The third kappa shape index (κ3) is 5.51. The van der Waals surface area contributed by atoms with Gasteiger partial charge < -0.3 is 14.8 Å². The van der Waals surface area contributed by atoms with E-state index in [2.05, 4.69) is 5.32 Å². The molecule has 0 spiro atoms. The number of amides is 1. The molecule has 0 atom stereocenters. The number of ether oxygens (including phenoxy) is 2. The topological polar surface area (TPSA) is 84.9 Å². The third-order valence-electron chi connectivity index (χ3n) is 4.95. The molecule has 3 aromatic rings. The lowest BCUT2D eigenvalue weighted by Crippen LogP contribution is -2.40. The van der Waals surface area contributed by atoms with Crippen molar-refractivity contribution in [1.29, 1.82) is 0 Å². The Morgan fingerprint density at radius 2 is 1.67 bits per heavy atom. The van der Waals surface area contributed by atoms with E-state index in [1.165, 1.54) is 46.8 Å². The molecule has 1 aliphatic heterocycles. The first-order chi connectivity index (χ1) is 15.8. The third-order valence-corrected chi connectivity index (χ3v) is 7.10. The number of morpholine rings is 1. The second-order valence-electron chi connectivity index (χ2n) is 7.19. The van der Waals surface area contributed by atoms with Gasteiger partial charge in [0, 0.05) is 23.7 Å². The monoisotopic (exact) mass is 490 g/mol. The Hall–Kier alpha value is -2.98. The number of carbonyl (C=O) groups excluding carboxylic acids is 1. The van der Waals surface area contributed by atoms with Gasteiger partial charge in [0.1, 0.15) is 11.6 Å². The van der Waals surface area contributed by atoms with Crippen LogP contribution >= 0.6 is 11.6 Å². The molecule has 0 bridgehead atoms. The van der Waals surface area contributed by atoms with E-state index in [0.29, 0.717) is 29.5 Å². The second-order valence-corrected chi connectivity index (χ2v) is 9.57. The van der Waals surface area contributed by atoms with Crippen molar-refractivity contribution in [2.45, 2.75) is 4.90 Å². The summed E-state index contributed by atoms with van der Waals surface area (Å²) < 4.78 is 51.8. The van der Waals surface area contributed by atoms with Gasteiger partial charge in [-0.3, -0.25) is 4.79 Å². The van der Waals surface area contributed by atoms with Gasteiger partial charge in [0.2, 0.25) is 10.0 Å². The van der Waals surface area contributed by atoms with Gasteiger partial charge >= 0.3 is 0 Å². The highest BCUT2D eigenvalue weighted by molar-refractivity contribution is 7.89. The second kappa shape index (κ2) is 9.88. The molecule has 1 amide bonds. The van der Waals surface area contributed by atoms with Crippen molar-refractivity contribution in [3.8, 4) is 11.5 Å². The zero-order valence-corrected chi connectivity index (χ0v) is 18.9. The molecule has 1 heterocycles. The summed E-state index contributed by atoms with van der Waals surface area (Å²) in [7, 11) is -3.81. The summed E-state index contributed by atoms with van der Waals surface area (Å²) in [5.41, 5.74) is 0.474. The van der Waals surface area contributed by atoms with E-state index in [1.54, 1.807) is 24.3 Å². The minimum atomic E-state index is -3.81. The minimum absolute atomic E-state index is 0.00209. The van der Waals surface area contributed by atoms with E-state index in [-0.39, 0.29) is 29.4 Å². The lowest BCUT2D eigenvalue weighted by atomic mass is 10.2. The van der Waals surface area contributed by atoms with Crippen molar-refractivity contribution in [2.24, 2.45) is 0 Å². The van der Waals surface area contributed by atoms with Gasteiger partial charge in [-0.05, 0) is 66.7 Å². The van der Waals surface area contributed by atoms with Crippen molar-refractivity contribution < 1.29 is 27.1 Å². The van der Waals surface area contributed by atoms with Crippen LogP contribution in [0.2, 0.25) is 5.02 Å². The maximum atomic E-state index is 13.3. The summed E-state index contributed by atoms with van der Waals surface area (Å²) in [5.74, 6) is -0.380. The molecule has 1 aliphatic rings. The molecule has 33 heavy (non-hydrogen) atoms. The van der Waals surface area contributed by atoms with Gasteiger partial charge in [-0.2, -0.15) is 4.31 Å². The molecule has 10 heteroatoms. The fraction of sp³-hybridized carbons (Fsp3) is 0.174. The number of nitrogens with zero attached hydrogens (tertiary/aromatic N) is 1. The van der Waals surface area contributed by atoms with E-state index < -0.39 is 21.7 Å². The van der Waals surface area contributed by atoms with Crippen LogP contribution in [-0.2, 0) is 14.8 Å². The summed E-state index contributed by atoms with van der Waals surface area (Å²) in [4.78, 5) is 12.8. The predicted molar refractivity (Wildman–Crippen MR) is 122 cm³/mol. The molecule has 1 saturated heterocycles. The largest absolute Gasteiger partial charge is 0.455 e. The number of halogens is 2. The summed E-state index contributed by atoms with van der Waals surface area (Å²) in [6.45, 7) is 1.10. The summed E-state index contributed by atoms with van der Waals surface area (Å²) in [6.07, 6.45) is 0. The van der Waals surface area contributed by atoms with Crippen molar-refractivity contribution in [2.75, 3.05) is 31.6 Å². The molecule has 1 fully saturated rings. The van der Waals surface area contributed by atoms with Crippen molar-refractivity contribution in [3.63, 3.8) is 0 Å². The first-order valence-electron chi connectivity index (χ1n) is 10.1. The predicted octanol–water partition coefficient (Wildman–Crippen LogP) is 4.54. The molecule has 0 unspecified atom stereocenters. The molecule has 7 nitrogen and oxygen atoms in total. The molecular weight excluding hydrogens is 471 g/mol. The van der Waals surface area contributed by atoms with Crippen molar-refractivity contribution in [3.05, 3.63) is 83.1 Å². The zero-order valence-electron chi connectivity index (χ0n) is 17.3. The standard InChI is InChI=1S/C23H20ClFN2O5S/c24-17-3-1-16(2-4-17)23(28)26-21-15-20(33(29,30)27-11-13-31-14-12-27)9-10-22(21)32-19-7-5-18(25)6-8-19/h1-10,15H,11-14H2,(H,26,28). The molecule has 0 radical (unpaired) electrons. The Bertz CT molecular complexity index is 1240. The molecule has 0 aliphatic carbocycles. The SMILES string of the molecule is O=C(Nc1cc(S(=O)(=O)N2CCOCC2)ccc1Oc1ccc(F)cc1)c1ccc(Cl)cc1. The molecule has 172 valence electrons. The number of hydrogen-bond acceptors (Lipinski definition) is 5. The number of nitrogens with one attached hydrogen (secondary N) is 1. The normalized spacial score (nSPS) is 14.6. The van der Waals surface area contributed by atoms with E-state index >= 15 is 0 Å². The van der Waals surface area contributed by atoms with Gasteiger partial charge in [0.15, 0.2) is 5.75 Å². The number of hydrogen-bond donors (Lipinski definition) is 1. The maximum absolute atomic E-state index is 13.3. The maximum Gasteiger partial charge on any atom is 0.255 e. The minimum Gasteiger partial charge on any atom is -0.455 e. The van der Waals surface area contributed by atoms with Gasteiger partial charge in [0.25, 0.3) is 5.91 Å². The lowest BCUT2D eigenvalue weighted by molar-refractivity contribution is 0.0730. The van der Waals surface area contributed by atoms with E-state index in [1.807, 2.05) is 0 Å². The van der Waals surface area contributed by atoms with Crippen LogP contribution in [0, 0.1) is 5.82 Å². The van der Waals surface area contributed by atoms with Crippen LogP contribution in [0.5, 0.6) is 11.5 Å². The Balaban J connectivity index is 1.68. The summed E-state index contributed by atoms with van der Waals surface area (Å²) in [5, 5.41) is 3.18.